The van der Waals surface area contributed by atoms with Gasteiger partial charge < -0.3 is 4.29 Å². The van der Waals surface area contributed by atoms with Crippen LogP contribution >= 0.6 is 11.9 Å². The van der Waals surface area contributed by atoms with Gasteiger partial charge in [0, 0.05) is 0 Å². The fraction of sp³-hybridized carbons (Fsp3) is 0.800. The van der Waals surface area contributed by atoms with Crippen LogP contribution in [0.4, 0.5) is 0 Å². The van der Waals surface area contributed by atoms with Gasteiger partial charge in [0.2, 0.25) is 0 Å². The minimum absolute atomic E-state index is 0.140. The Morgan fingerprint density at radius 2 is 1.62 bits per heavy atom. The average Bonchev–Trinajstić information content (AvgIpc) is 1.65. The molecule has 0 aliphatic heterocycles. The second-order valence-corrected chi connectivity index (χ2v) is 2.10. The minimum atomic E-state index is 0.140. The minimum Gasteiger partial charge on any atom is -0.350 e. The lowest BCUT2D eigenvalue weighted by Gasteiger charge is -1.79. The third-order valence-electron chi connectivity index (χ3n) is 0.0364. The SMILES string of the molecule is CC(C)C.O=COCl. The van der Waals surface area contributed by atoms with Crippen LogP contribution < -0.4 is 0 Å². The molecule has 2 nitrogen and oxygen atoms in total. The number of carbonyl (C=O) groups excluding carboxylic acids is 1. The molecule has 0 aromatic heterocycles. The molecule has 0 atom stereocenters. The van der Waals surface area contributed by atoms with Gasteiger partial charge >= 0.3 is 6.47 Å². The van der Waals surface area contributed by atoms with Gasteiger partial charge in [0.05, 0.1) is 0 Å². The molecule has 0 fully saturated rings. The van der Waals surface area contributed by atoms with Crippen molar-refractivity contribution in [1.82, 2.24) is 0 Å². The third kappa shape index (κ3) is 226. The summed E-state index contributed by atoms with van der Waals surface area (Å²) in [6, 6.07) is 0. The number of hydrogen-bond donors (Lipinski definition) is 0. The lowest BCUT2D eigenvalue weighted by atomic mass is 10.3. The summed E-state index contributed by atoms with van der Waals surface area (Å²) in [7, 11) is 0. The summed E-state index contributed by atoms with van der Waals surface area (Å²) < 4.78 is 3.33. The first-order valence-electron chi connectivity index (χ1n) is 2.36. The molecule has 0 bridgehead atoms. The molecule has 0 rings (SSSR count). The molecular weight excluding hydrogens is 128 g/mol. The first-order chi connectivity index (χ1) is 3.65. The summed E-state index contributed by atoms with van der Waals surface area (Å²) in [6.45, 7) is 6.64. The molecule has 0 spiro atoms. The molecule has 3 heteroatoms. The monoisotopic (exact) mass is 138 g/mol. The maximum Gasteiger partial charge on any atom is 0.312 e. The van der Waals surface area contributed by atoms with Crippen molar-refractivity contribution < 1.29 is 9.08 Å². The zero-order valence-corrected chi connectivity index (χ0v) is 6.11. The van der Waals surface area contributed by atoms with E-state index in [9.17, 15) is 0 Å². The van der Waals surface area contributed by atoms with E-state index in [0.29, 0.717) is 0 Å². The van der Waals surface area contributed by atoms with Gasteiger partial charge in [0.1, 0.15) is 11.9 Å². The van der Waals surface area contributed by atoms with Crippen molar-refractivity contribution in [2.75, 3.05) is 0 Å². The predicted octanol–water partition coefficient (Wildman–Crippen LogP) is 1.98. The van der Waals surface area contributed by atoms with Crippen LogP contribution in [0, 0.1) is 5.92 Å². The maximum atomic E-state index is 8.82. The Balaban J connectivity index is 0. The number of halogens is 1. The Morgan fingerprint density at radius 1 is 1.50 bits per heavy atom. The van der Waals surface area contributed by atoms with Crippen LogP contribution in [0.3, 0.4) is 0 Å². The summed E-state index contributed by atoms with van der Waals surface area (Å²) in [5, 5.41) is 0. The van der Waals surface area contributed by atoms with E-state index in [-0.39, 0.29) is 6.47 Å². The summed E-state index contributed by atoms with van der Waals surface area (Å²) in [5.41, 5.74) is 0. The quantitative estimate of drug-likeness (QED) is 0.518. The number of rotatable bonds is 1. The largest absolute Gasteiger partial charge is 0.350 e. The van der Waals surface area contributed by atoms with Crippen LogP contribution in [0.25, 0.3) is 0 Å². The summed E-state index contributed by atoms with van der Waals surface area (Å²) in [5.74, 6) is 0.833. The third-order valence-corrected chi connectivity index (χ3v) is 0.109. The van der Waals surface area contributed by atoms with Crippen molar-refractivity contribution in [2.24, 2.45) is 5.92 Å². The molecule has 0 heterocycles. The van der Waals surface area contributed by atoms with Crippen LogP contribution in [0.15, 0.2) is 0 Å². The summed E-state index contributed by atoms with van der Waals surface area (Å²) in [4.78, 5) is 8.82. The van der Waals surface area contributed by atoms with Gasteiger partial charge in [-0.25, -0.2) is 0 Å². The van der Waals surface area contributed by atoms with Gasteiger partial charge in [-0.15, -0.1) is 0 Å². The molecule has 0 N–H and O–H groups in total. The van der Waals surface area contributed by atoms with Gasteiger partial charge in [-0.2, -0.15) is 0 Å². The van der Waals surface area contributed by atoms with Crippen molar-refractivity contribution in [3.8, 4) is 0 Å². The van der Waals surface area contributed by atoms with Crippen LogP contribution in [-0.4, -0.2) is 6.47 Å². The van der Waals surface area contributed by atoms with Crippen molar-refractivity contribution in [3.05, 3.63) is 0 Å². The Hall–Kier alpha value is -0.240. The zero-order chi connectivity index (χ0) is 6.99. The summed E-state index contributed by atoms with van der Waals surface area (Å²) in [6.07, 6.45) is 0. The van der Waals surface area contributed by atoms with Crippen molar-refractivity contribution >= 4 is 18.3 Å². The van der Waals surface area contributed by atoms with Crippen LogP contribution in [-0.2, 0) is 9.08 Å². The van der Waals surface area contributed by atoms with Crippen LogP contribution in [0.2, 0.25) is 0 Å². The van der Waals surface area contributed by atoms with E-state index in [4.69, 9.17) is 4.79 Å². The van der Waals surface area contributed by atoms with Gasteiger partial charge in [0.25, 0.3) is 0 Å². The second kappa shape index (κ2) is 9.90. The average molecular weight is 139 g/mol. The topological polar surface area (TPSA) is 26.3 Å². The molecule has 0 saturated heterocycles. The Labute approximate surface area is 55.0 Å². The molecule has 0 aromatic rings. The molecule has 0 aliphatic carbocycles. The lowest BCUT2D eigenvalue weighted by molar-refractivity contribution is -0.120. The van der Waals surface area contributed by atoms with Gasteiger partial charge in [0.15, 0.2) is 0 Å². The molecule has 0 aromatic carbocycles. The molecule has 0 amide bonds. The van der Waals surface area contributed by atoms with E-state index >= 15 is 0 Å². The summed E-state index contributed by atoms with van der Waals surface area (Å²) >= 11 is 4.32. The van der Waals surface area contributed by atoms with Gasteiger partial charge in [-0.1, -0.05) is 20.8 Å². The highest BCUT2D eigenvalue weighted by atomic mass is 35.5. The highest BCUT2D eigenvalue weighted by molar-refractivity contribution is 6.10. The fourth-order valence-corrected chi connectivity index (χ4v) is 0. The first-order valence-corrected chi connectivity index (χ1v) is 2.67. The highest BCUT2D eigenvalue weighted by Gasteiger charge is 1.68. The van der Waals surface area contributed by atoms with Crippen LogP contribution in [0.5, 0.6) is 0 Å². The molecule has 0 unspecified atom stereocenters. The Bertz CT molecular complexity index is 42.9. The zero-order valence-electron chi connectivity index (χ0n) is 5.35. The number of hydrogen-bond acceptors (Lipinski definition) is 2. The van der Waals surface area contributed by atoms with Gasteiger partial charge in [-0.3, -0.25) is 4.79 Å². The standard InChI is InChI=1S/C4H10.CHClO2/c1-4(2)3;2-4-1-3/h4H,1-3H3;1H. The van der Waals surface area contributed by atoms with Gasteiger partial charge in [-0.05, 0) is 5.92 Å². The van der Waals surface area contributed by atoms with E-state index < -0.39 is 0 Å². The van der Waals surface area contributed by atoms with Crippen molar-refractivity contribution in [2.45, 2.75) is 20.8 Å². The number of carbonyl (C=O) groups is 1. The predicted molar refractivity (Wildman–Crippen MR) is 33.5 cm³/mol. The van der Waals surface area contributed by atoms with Crippen LogP contribution in [0.1, 0.15) is 20.8 Å². The van der Waals surface area contributed by atoms with Crippen molar-refractivity contribution in [3.63, 3.8) is 0 Å². The molecule has 8 heavy (non-hydrogen) atoms. The molecular formula is C5H11ClO2. The Kier molecular flexibility index (Phi) is 13.2. The van der Waals surface area contributed by atoms with Crippen molar-refractivity contribution in [1.29, 1.82) is 0 Å². The van der Waals surface area contributed by atoms with E-state index in [1.807, 2.05) is 0 Å². The van der Waals surface area contributed by atoms with E-state index in [0.717, 1.165) is 5.92 Å². The van der Waals surface area contributed by atoms with E-state index in [2.05, 4.69) is 36.9 Å². The highest BCUT2D eigenvalue weighted by Crippen LogP contribution is 1.81. The normalized spacial score (nSPS) is 7.12. The maximum absolute atomic E-state index is 8.82. The smallest absolute Gasteiger partial charge is 0.312 e. The fourth-order valence-electron chi connectivity index (χ4n) is 0. The molecule has 0 saturated carbocycles. The Morgan fingerprint density at radius 3 is 1.62 bits per heavy atom. The lowest BCUT2D eigenvalue weighted by Crippen LogP contribution is -1.66. The second-order valence-electron chi connectivity index (χ2n) is 1.92. The van der Waals surface area contributed by atoms with E-state index in [1.54, 1.807) is 0 Å². The first kappa shape index (κ1) is 10.7. The molecule has 0 radical (unpaired) electrons. The van der Waals surface area contributed by atoms with E-state index in [1.165, 1.54) is 0 Å². The molecule has 0 aliphatic rings. The molecule has 50 valence electrons.